The molecule has 31 heavy (non-hydrogen) atoms. The lowest BCUT2D eigenvalue weighted by Crippen LogP contribution is -2.19. The van der Waals surface area contributed by atoms with Crippen molar-refractivity contribution in [3.8, 4) is 17.2 Å². The number of nitrogens with one attached hydrogen (secondary N) is 2. The molecule has 4 aromatic rings. The number of aromatic amines is 1. The zero-order valence-corrected chi connectivity index (χ0v) is 17.8. The Bertz CT molecular complexity index is 1340. The van der Waals surface area contributed by atoms with Crippen molar-refractivity contribution < 1.29 is 9.32 Å². The summed E-state index contributed by atoms with van der Waals surface area (Å²) in [6.45, 7) is 5.32. The summed E-state index contributed by atoms with van der Waals surface area (Å²) in [4.78, 5) is 32.2. The number of nitrogens with zero attached hydrogens (tertiary/aromatic N) is 4. The van der Waals surface area contributed by atoms with Gasteiger partial charge < -0.3 is 9.84 Å². The van der Waals surface area contributed by atoms with E-state index >= 15 is 0 Å². The lowest BCUT2D eigenvalue weighted by molar-refractivity contribution is 0.102. The van der Waals surface area contributed by atoms with Crippen LogP contribution < -0.4 is 10.9 Å². The van der Waals surface area contributed by atoms with E-state index in [4.69, 9.17) is 16.1 Å². The van der Waals surface area contributed by atoms with Gasteiger partial charge in [0.15, 0.2) is 0 Å². The molecule has 2 N–H and O–H groups in total. The molecule has 1 amide bonds. The molecular formula is C21H19ClN6O3. The molecule has 10 heteroatoms. The van der Waals surface area contributed by atoms with Crippen LogP contribution in [0, 0.1) is 13.8 Å². The number of halogens is 1. The minimum Gasteiger partial charge on any atom is -0.360 e. The van der Waals surface area contributed by atoms with Gasteiger partial charge in [-0.05, 0) is 26.3 Å². The summed E-state index contributed by atoms with van der Waals surface area (Å²) in [5.74, 6) is 0.435. The molecule has 0 aliphatic heterocycles. The number of anilines is 1. The number of carbonyl (C=O) groups is 1. The van der Waals surface area contributed by atoms with Crippen molar-refractivity contribution in [3.05, 3.63) is 74.5 Å². The highest BCUT2D eigenvalue weighted by molar-refractivity contribution is 6.33. The Labute approximate surface area is 182 Å². The van der Waals surface area contributed by atoms with E-state index in [0.29, 0.717) is 45.7 Å². The van der Waals surface area contributed by atoms with Crippen LogP contribution in [0.2, 0.25) is 5.02 Å². The van der Waals surface area contributed by atoms with Gasteiger partial charge in [-0.2, -0.15) is 9.78 Å². The first-order valence-corrected chi connectivity index (χ1v) is 9.95. The largest absolute Gasteiger partial charge is 0.360 e. The third kappa shape index (κ3) is 3.99. The molecule has 3 aromatic heterocycles. The van der Waals surface area contributed by atoms with Crippen molar-refractivity contribution in [1.29, 1.82) is 0 Å². The Hall–Kier alpha value is -3.72. The summed E-state index contributed by atoms with van der Waals surface area (Å²) in [5.41, 5.74) is 2.11. The van der Waals surface area contributed by atoms with Gasteiger partial charge in [0.2, 0.25) is 5.95 Å². The fourth-order valence-corrected chi connectivity index (χ4v) is 3.41. The minimum atomic E-state index is -0.455. The van der Waals surface area contributed by atoms with Gasteiger partial charge in [0.1, 0.15) is 22.8 Å². The number of hydrogen-bond donors (Lipinski definition) is 2. The molecule has 4 rings (SSSR count). The second-order valence-corrected chi connectivity index (χ2v) is 7.30. The number of benzene rings is 1. The quantitative estimate of drug-likeness (QED) is 0.490. The number of hydrogen-bond acceptors (Lipinski definition) is 6. The van der Waals surface area contributed by atoms with E-state index in [0.717, 1.165) is 0 Å². The maximum Gasteiger partial charge on any atom is 0.262 e. The number of H-pyrrole nitrogens is 1. The average molecular weight is 439 g/mol. The summed E-state index contributed by atoms with van der Waals surface area (Å²) in [6.07, 6.45) is 0.583. The van der Waals surface area contributed by atoms with Crippen LogP contribution in [0.15, 0.2) is 45.7 Å². The maximum atomic E-state index is 13.2. The zero-order valence-electron chi connectivity index (χ0n) is 17.1. The van der Waals surface area contributed by atoms with E-state index < -0.39 is 5.91 Å². The molecule has 9 nitrogen and oxygen atoms in total. The SMILES string of the molecule is CCc1cc(=O)[nH]c(-n2nc(C)cc2NC(=O)c2c(-c3ccccc3Cl)noc2C)n1. The van der Waals surface area contributed by atoms with Gasteiger partial charge in [0.25, 0.3) is 11.5 Å². The van der Waals surface area contributed by atoms with Gasteiger partial charge in [-0.3, -0.25) is 14.6 Å². The van der Waals surface area contributed by atoms with Gasteiger partial charge in [0.05, 0.1) is 10.7 Å². The second-order valence-electron chi connectivity index (χ2n) is 6.89. The first-order valence-electron chi connectivity index (χ1n) is 9.57. The Kier molecular flexibility index (Phi) is 5.43. The summed E-state index contributed by atoms with van der Waals surface area (Å²) >= 11 is 6.29. The van der Waals surface area contributed by atoms with Crippen molar-refractivity contribution in [3.63, 3.8) is 0 Å². The molecule has 0 saturated carbocycles. The fraction of sp³-hybridized carbons (Fsp3) is 0.190. The van der Waals surface area contributed by atoms with Crippen LogP contribution in [0.3, 0.4) is 0 Å². The monoisotopic (exact) mass is 438 g/mol. The molecule has 0 unspecified atom stereocenters. The van der Waals surface area contributed by atoms with Crippen LogP contribution in [0.5, 0.6) is 0 Å². The molecule has 0 bridgehead atoms. The molecule has 0 radical (unpaired) electrons. The zero-order chi connectivity index (χ0) is 22.1. The molecule has 0 saturated heterocycles. The standard InChI is InChI=1S/C21H19ClN6O3/c1-4-13-10-17(29)25-21(23-13)28-16(9-11(2)26-28)24-20(30)18-12(3)31-27-19(18)14-7-5-6-8-15(14)22/h5-10H,4H2,1-3H3,(H,24,30)(H,23,25,29). The van der Waals surface area contributed by atoms with Crippen LogP contribution in [-0.4, -0.2) is 30.8 Å². The Morgan fingerprint density at radius 3 is 2.77 bits per heavy atom. The van der Waals surface area contributed by atoms with Crippen LogP contribution in [0.4, 0.5) is 5.82 Å². The second kappa shape index (κ2) is 8.19. The predicted octanol–water partition coefficient (Wildman–Crippen LogP) is 3.70. The fourth-order valence-electron chi connectivity index (χ4n) is 3.18. The van der Waals surface area contributed by atoms with E-state index in [-0.39, 0.29) is 17.1 Å². The Morgan fingerprint density at radius 2 is 2.03 bits per heavy atom. The van der Waals surface area contributed by atoms with Crippen molar-refractivity contribution >= 4 is 23.3 Å². The Morgan fingerprint density at radius 1 is 1.26 bits per heavy atom. The molecular weight excluding hydrogens is 420 g/mol. The lowest BCUT2D eigenvalue weighted by atomic mass is 10.1. The first-order chi connectivity index (χ1) is 14.9. The summed E-state index contributed by atoms with van der Waals surface area (Å²) in [5, 5.41) is 11.6. The summed E-state index contributed by atoms with van der Waals surface area (Å²) < 4.78 is 6.66. The number of aryl methyl sites for hydroxylation is 3. The molecule has 1 aromatic carbocycles. The van der Waals surface area contributed by atoms with Gasteiger partial charge in [-0.25, -0.2) is 4.98 Å². The summed E-state index contributed by atoms with van der Waals surface area (Å²) in [6, 6.07) is 10.2. The van der Waals surface area contributed by atoms with Gasteiger partial charge in [-0.1, -0.05) is 41.9 Å². The third-order valence-electron chi connectivity index (χ3n) is 4.64. The van der Waals surface area contributed by atoms with Gasteiger partial charge >= 0.3 is 0 Å². The van der Waals surface area contributed by atoms with Crippen LogP contribution in [0.1, 0.15) is 34.4 Å². The average Bonchev–Trinajstić information content (AvgIpc) is 3.30. The number of rotatable bonds is 5. The number of aromatic nitrogens is 5. The molecule has 0 atom stereocenters. The number of amides is 1. The van der Waals surface area contributed by atoms with E-state index in [2.05, 4.69) is 25.5 Å². The van der Waals surface area contributed by atoms with Crippen molar-refractivity contribution in [1.82, 2.24) is 24.9 Å². The van der Waals surface area contributed by atoms with Crippen LogP contribution in [0.25, 0.3) is 17.2 Å². The van der Waals surface area contributed by atoms with Gasteiger partial charge in [0, 0.05) is 23.4 Å². The topological polar surface area (TPSA) is 119 Å². The van der Waals surface area contributed by atoms with Crippen LogP contribution in [-0.2, 0) is 6.42 Å². The lowest BCUT2D eigenvalue weighted by Gasteiger charge is -2.09. The molecule has 0 aliphatic rings. The van der Waals surface area contributed by atoms with E-state index in [1.165, 1.54) is 10.7 Å². The van der Waals surface area contributed by atoms with Crippen molar-refractivity contribution in [2.24, 2.45) is 0 Å². The first kappa shape index (κ1) is 20.5. The minimum absolute atomic E-state index is 0.209. The molecule has 3 heterocycles. The molecule has 0 fully saturated rings. The van der Waals surface area contributed by atoms with Gasteiger partial charge in [-0.15, -0.1) is 0 Å². The highest BCUT2D eigenvalue weighted by Crippen LogP contribution is 2.31. The summed E-state index contributed by atoms with van der Waals surface area (Å²) in [7, 11) is 0. The van der Waals surface area contributed by atoms with Crippen molar-refractivity contribution in [2.75, 3.05) is 5.32 Å². The predicted molar refractivity (Wildman–Crippen MR) is 116 cm³/mol. The van der Waals surface area contributed by atoms with Crippen LogP contribution >= 0.6 is 11.6 Å². The molecule has 158 valence electrons. The maximum absolute atomic E-state index is 13.2. The van der Waals surface area contributed by atoms with E-state index in [1.807, 2.05) is 6.92 Å². The molecule has 0 aliphatic carbocycles. The normalized spacial score (nSPS) is 11.0. The number of carbonyl (C=O) groups excluding carboxylic acids is 1. The highest BCUT2D eigenvalue weighted by atomic mass is 35.5. The molecule has 0 spiro atoms. The Balaban J connectivity index is 1.74. The third-order valence-corrected chi connectivity index (χ3v) is 4.97. The van der Waals surface area contributed by atoms with E-state index in [9.17, 15) is 9.59 Å². The highest BCUT2D eigenvalue weighted by Gasteiger charge is 2.24. The smallest absolute Gasteiger partial charge is 0.262 e. The van der Waals surface area contributed by atoms with Crippen molar-refractivity contribution in [2.45, 2.75) is 27.2 Å². The van der Waals surface area contributed by atoms with E-state index in [1.54, 1.807) is 44.2 Å².